The monoisotopic (exact) mass is 314 g/mol. The third kappa shape index (κ3) is 5.12. The Bertz CT molecular complexity index is 555. The van der Waals surface area contributed by atoms with Crippen molar-refractivity contribution in [2.24, 2.45) is 0 Å². The molecule has 0 aliphatic rings. The van der Waals surface area contributed by atoms with Gasteiger partial charge in [0.05, 0.1) is 12.2 Å². The first-order valence-electron chi connectivity index (χ1n) is 6.24. The molecule has 2 aromatic rings. The lowest BCUT2D eigenvalue weighted by Crippen LogP contribution is -2.04. The molecule has 0 fully saturated rings. The van der Waals surface area contributed by atoms with Crippen molar-refractivity contribution in [1.29, 1.82) is 0 Å². The second-order valence-corrected chi connectivity index (χ2v) is 5.74. The molecule has 0 spiro atoms. The molecule has 1 N–H and O–H groups in total. The minimum Gasteiger partial charge on any atom is -0.350 e. The van der Waals surface area contributed by atoms with Crippen molar-refractivity contribution in [2.45, 2.75) is 18.9 Å². The molecule has 21 heavy (non-hydrogen) atoms. The first-order chi connectivity index (χ1) is 9.95. The van der Waals surface area contributed by atoms with Gasteiger partial charge in [-0.1, -0.05) is 42.5 Å². The fraction of sp³-hybridized carbons (Fsp3) is 0.200. The zero-order valence-corrected chi connectivity index (χ0v) is 11.9. The number of hydrogen-bond donors (Lipinski definition) is 1. The van der Waals surface area contributed by atoms with E-state index >= 15 is 0 Å². The van der Waals surface area contributed by atoms with Gasteiger partial charge in [0.15, 0.2) is 8.38 Å². The molecule has 0 aliphatic carbocycles. The van der Waals surface area contributed by atoms with Crippen molar-refractivity contribution < 1.29 is 22.6 Å². The molecule has 0 saturated heterocycles. The predicted octanol–water partition coefficient (Wildman–Crippen LogP) is 4.73. The molecule has 0 aliphatic heterocycles. The van der Waals surface area contributed by atoms with Gasteiger partial charge in [0, 0.05) is 6.16 Å². The third-order valence-corrected chi connectivity index (χ3v) is 3.88. The minimum absolute atomic E-state index is 0.209. The lowest BCUT2D eigenvalue weighted by molar-refractivity contribution is -0.137. The summed E-state index contributed by atoms with van der Waals surface area (Å²) < 4.78 is 42.6. The summed E-state index contributed by atoms with van der Waals surface area (Å²) in [5.74, 6) is 0. The fourth-order valence-corrected chi connectivity index (χ4v) is 2.64. The van der Waals surface area contributed by atoms with Crippen molar-refractivity contribution in [3.05, 3.63) is 71.3 Å². The molecule has 0 heterocycles. The van der Waals surface area contributed by atoms with Crippen LogP contribution in [-0.4, -0.2) is 4.89 Å². The summed E-state index contributed by atoms with van der Waals surface area (Å²) in [6, 6.07) is 14.1. The minimum atomic E-state index is -4.34. The van der Waals surface area contributed by atoms with Crippen LogP contribution in [0.2, 0.25) is 0 Å². The fourth-order valence-electron chi connectivity index (χ4n) is 1.72. The second kappa shape index (κ2) is 7.03. The number of hydrogen-bond acceptors (Lipinski definition) is 2. The van der Waals surface area contributed by atoms with E-state index in [0.29, 0.717) is 5.56 Å². The van der Waals surface area contributed by atoms with Crippen LogP contribution in [0.3, 0.4) is 0 Å². The SMILES string of the molecule is OP(Cc1ccc(C(F)(F)F)cc1)OCc1ccccc1. The highest BCUT2D eigenvalue weighted by Gasteiger charge is 2.29. The van der Waals surface area contributed by atoms with Crippen LogP contribution >= 0.6 is 8.38 Å². The summed E-state index contributed by atoms with van der Waals surface area (Å²) in [4.78, 5) is 9.81. The number of halogens is 3. The van der Waals surface area contributed by atoms with Crippen LogP contribution in [0.4, 0.5) is 13.2 Å². The molecule has 0 saturated carbocycles. The van der Waals surface area contributed by atoms with Gasteiger partial charge in [-0.15, -0.1) is 0 Å². The quantitative estimate of drug-likeness (QED) is 0.809. The van der Waals surface area contributed by atoms with Gasteiger partial charge in [-0.2, -0.15) is 13.2 Å². The highest BCUT2D eigenvalue weighted by atomic mass is 31.2. The van der Waals surface area contributed by atoms with Gasteiger partial charge in [0.2, 0.25) is 0 Å². The van der Waals surface area contributed by atoms with E-state index in [-0.39, 0.29) is 12.8 Å². The Labute approximate surface area is 122 Å². The van der Waals surface area contributed by atoms with Gasteiger partial charge < -0.3 is 9.42 Å². The summed E-state index contributed by atoms with van der Waals surface area (Å²) in [5, 5.41) is 0. The van der Waals surface area contributed by atoms with Crippen LogP contribution in [0.25, 0.3) is 0 Å². The molecule has 0 bridgehead atoms. The van der Waals surface area contributed by atoms with Gasteiger partial charge in [-0.05, 0) is 23.3 Å². The maximum Gasteiger partial charge on any atom is 0.416 e. The lowest BCUT2D eigenvalue weighted by atomic mass is 10.1. The molecular formula is C15H14F3O2P. The van der Waals surface area contributed by atoms with E-state index in [2.05, 4.69) is 0 Å². The van der Waals surface area contributed by atoms with Gasteiger partial charge in [-0.3, -0.25) is 0 Å². The Morgan fingerprint density at radius 3 is 2.10 bits per heavy atom. The Morgan fingerprint density at radius 2 is 1.52 bits per heavy atom. The normalized spacial score (nSPS) is 13.1. The maximum atomic E-state index is 12.4. The van der Waals surface area contributed by atoms with E-state index in [1.807, 2.05) is 30.3 Å². The van der Waals surface area contributed by atoms with Crippen molar-refractivity contribution in [2.75, 3.05) is 0 Å². The summed E-state index contributed by atoms with van der Waals surface area (Å²) in [5.41, 5.74) is 0.856. The van der Waals surface area contributed by atoms with Crippen molar-refractivity contribution in [3.63, 3.8) is 0 Å². The number of rotatable bonds is 5. The second-order valence-electron chi connectivity index (χ2n) is 4.46. The molecule has 6 heteroatoms. The molecule has 2 rings (SSSR count). The molecule has 1 unspecified atom stereocenters. The molecular weight excluding hydrogens is 300 g/mol. The molecule has 0 amide bonds. The summed E-state index contributed by atoms with van der Waals surface area (Å²) in [6.07, 6.45) is -4.13. The highest BCUT2D eigenvalue weighted by Crippen LogP contribution is 2.38. The van der Waals surface area contributed by atoms with E-state index in [1.165, 1.54) is 12.1 Å². The van der Waals surface area contributed by atoms with E-state index in [9.17, 15) is 18.1 Å². The van der Waals surface area contributed by atoms with Gasteiger partial charge in [0.25, 0.3) is 0 Å². The molecule has 112 valence electrons. The zero-order chi connectivity index (χ0) is 15.3. The van der Waals surface area contributed by atoms with Crippen molar-refractivity contribution in [3.8, 4) is 0 Å². The first kappa shape index (κ1) is 16.0. The number of benzene rings is 2. The Balaban J connectivity index is 1.86. The van der Waals surface area contributed by atoms with Crippen LogP contribution in [0, 0.1) is 0 Å². The predicted molar refractivity (Wildman–Crippen MR) is 75.5 cm³/mol. The summed E-state index contributed by atoms with van der Waals surface area (Å²) in [7, 11) is -1.70. The first-order valence-corrected chi connectivity index (χ1v) is 7.64. The van der Waals surface area contributed by atoms with Crippen molar-refractivity contribution in [1.82, 2.24) is 0 Å². The van der Waals surface area contributed by atoms with Crippen LogP contribution < -0.4 is 0 Å². The van der Waals surface area contributed by atoms with Crippen LogP contribution in [-0.2, 0) is 23.5 Å². The molecule has 2 aromatic carbocycles. The molecule has 0 aromatic heterocycles. The summed E-state index contributed by atoms with van der Waals surface area (Å²) >= 11 is 0. The Kier molecular flexibility index (Phi) is 5.34. The maximum absolute atomic E-state index is 12.4. The largest absolute Gasteiger partial charge is 0.416 e. The molecule has 0 radical (unpaired) electrons. The van der Waals surface area contributed by atoms with E-state index in [0.717, 1.165) is 17.7 Å². The van der Waals surface area contributed by atoms with Gasteiger partial charge in [-0.25, -0.2) is 0 Å². The highest BCUT2D eigenvalue weighted by molar-refractivity contribution is 7.45. The van der Waals surface area contributed by atoms with E-state index in [4.69, 9.17) is 4.52 Å². The van der Waals surface area contributed by atoms with E-state index < -0.39 is 20.1 Å². The standard InChI is InChI=1S/C15H14F3O2P/c16-15(17,18)14-8-6-13(7-9-14)11-21(19)20-10-12-4-2-1-3-5-12/h1-9,19H,10-11H2. The third-order valence-electron chi connectivity index (χ3n) is 2.82. The van der Waals surface area contributed by atoms with Crippen LogP contribution in [0.15, 0.2) is 54.6 Å². The zero-order valence-electron chi connectivity index (χ0n) is 11.0. The van der Waals surface area contributed by atoms with E-state index in [1.54, 1.807) is 0 Å². The molecule has 2 nitrogen and oxygen atoms in total. The number of alkyl halides is 3. The average Bonchev–Trinajstić information content (AvgIpc) is 2.46. The topological polar surface area (TPSA) is 29.5 Å². The van der Waals surface area contributed by atoms with Crippen molar-refractivity contribution >= 4 is 8.38 Å². The van der Waals surface area contributed by atoms with Gasteiger partial charge >= 0.3 is 6.18 Å². The van der Waals surface area contributed by atoms with Crippen LogP contribution in [0.1, 0.15) is 16.7 Å². The Morgan fingerprint density at radius 1 is 0.905 bits per heavy atom. The molecule has 1 atom stereocenters. The lowest BCUT2D eigenvalue weighted by Gasteiger charge is -2.12. The smallest absolute Gasteiger partial charge is 0.350 e. The van der Waals surface area contributed by atoms with Crippen LogP contribution in [0.5, 0.6) is 0 Å². The average molecular weight is 314 g/mol. The summed E-state index contributed by atoms with van der Waals surface area (Å²) in [6.45, 7) is 0.281. The van der Waals surface area contributed by atoms with Gasteiger partial charge in [0.1, 0.15) is 0 Å². The Hall–Kier alpha value is -1.42.